The van der Waals surface area contributed by atoms with Crippen molar-refractivity contribution < 1.29 is 14.3 Å². The zero-order valence-corrected chi connectivity index (χ0v) is 13.1. The molecule has 1 rings (SSSR count). The van der Waals surface area contributed by atoms with Gasteiger partial charge in [-0.25, -0.2) is 0 Å². The molecule has 0 radical (unpaired) electrons. The lowest BCUT2D eigenvalue weighted by molar-refractivity contribution is -0.143. The number of benzene rings is 1. The van der Waals surface area contributed by atoms with Gasteiger partial charge in [0.1, 0.15) is 0 Å². The SMILES string of the molecule is CCOC(=O)CCCNC(=O)C=Cc1ccc(C)c(Cl)c1. The summed E-state index contributed by atoms with van der Waals surface area (Å²) in [5.74, 6) is -0.438. The molecule has 0 aliphatic carbocycles. The summed E-state index contributed by atoms with van der Waals surface area (Å²) < 4.78 is 4.80. The van der Waals surface area contributed by atoms with Gasteiger partial charge in [-0.3, -0.25) is 9.59 Å². The molecule has 0 saturated heterocycles. The Morgan fingerprint density at radius 2 is 2.14 bits per heavy atom. The van der Waals surface area contributed by atoms with Crippen molar-refractivity contribution in [3.63, 3.8) is 0 Å². The summed E-state index contributed by atoms with van der Waals surface area (Å²) >= 11 is 6.01. The first kappa shape index (κ1) is 17.2. The van der Waals surface area contributed by atoms with Gasteiger partial charge in [0.2, 0.25) is 5.91 Å². The summed E-state index contributed by atoms with van der Waals surface area (Å²) in [6.45, 7) is 4.51. The molecule has 1 amide bonds. The molecular formula is C16H20ClNO3. The maximum atomic E-state index is 11.6. The largest absolute Gasteiger partial charge is 0.466 e. The maximum absolute atomic E-state index is 11.6. The number of hydrogen-bond donors (Lipinski definition) is 1. The number of halogens is 1. The first-order valence-corrected chi connectivity index (χ1v) is 7.28. The molecule has 1 aromatic rings. The Balaban J connectivity index is 2.31. The van der Waals surface area contributed by atoms with Crippen molar-refractivity contribution in [3.05, 3.63) is 40.4 Å². The second kappa shape index (κ2) is 9.19. The van der Waals surface area contributed by atoms with E-state index in [4.69, 9.17) is 16.3 Å². The monoisotopic (exact) mass is 309 g/mol. The van der Waals surface area contributed by atoms with E-state index < -0.39 is 0 Å². The van der Waals surface area contributed by atoms with Crippen LogP contribution in [0.5, 0.6) is 0 Å². The van der Waals surface area contributed by atoms with Crippen LogP contribution in [0.1, 0.15) is 30.9 Å². The van der Waals surface area contributed by atoms with Gasteiger partial charge in [-0.05, 0) is 43.5 Å². The summed E-state index contributed by atoms with van der Waals surface area (Å²) in [7, 11) is 0. The summed E-state index contributed by atoms with van der Waals surface area (Å²) in [5.41, 5.74) is 1.87. The summed E-state index contributed by atoms with van der Waals surface area (Å²) in [5, 5.41) is 3.38. The smallest absolute Gasteiger partial charge is 0.305 e. The van der Waals surface area contributed by atoms with Crippen LogP contribution in [0.25, 0.3) is 6.08 Å². The average molecular weight is 310 g/mol. The predicted molar refractivity (Wildman–Crippen MR) is 84.1 cm³/mol. The highest BCUT2D eigenvalue weighted by molar-refractivity contribution is 6.31. The van der Waals surface area contributed by atoms with Crippen molar-refractivity contribution >= 4 is 29.6 Å². The average Bonchev–Trinajstić information content (AvgIpc) is 2.45. The van der Waals surface area contributed by atoms with Crippen LogP contribution in [-0.2, 0) is 14.3 Å². The Morgan fingerprint density at radius 1 is 1.38 bits per heavy atom. The third kappa shape index (κ3) is 6.95. The van der Waals surface area contributed by atoms with Crippen LogP contribution in [0.3, 0.4) is 0 Å². The third-order valence-electron chi connectivity index (χ3n) is 2.79. The summed E-state index contributed by atoms with van der Waals surface area (Å²) in [4.78, 5) is 22.7. The number of rotatable bonds is 7. The Morgan fingerprint density at radius 3 is 2.81 bits per heavy atom. The molecule has 1 N–H and O–H groups in total. The molecule has 1 aromatic carbocycles. The molecule has 0 aromatic heterocycles. The quantitative estimate of drug-likeness (QED) is 0.478. The van der Waals surface area contributed by atoms with Crippen molar-refractivity contribution in [2.24, 2.45) is 0 Å². The molecule has 0 unspecified atom stereocenters. The van der Waals surface area contributed by atoms with Gasteiger partial charge < -0.3 is 10.1 Å². The molecule has 0 atom stereocenters. The lowest BCUT2D eigenvalue weighted by atomic mass is 10.1. The number of hydrogen-bond acceptors (Lipinski definition) is 3. The topological polar surface area (TPSA) is 55.4 Å². The fourth-order valence-electron chi connectivity index (χ4n) is 1.62. The minimum absolute atomic E-state index is 0.199. The standard InChI is InChI=1S/C16H20ClNO3/c1-3-21-16(20)5-4-10-18-15(19)9-8-13-7-6-12(2)14(17)11-13/h6-9,11H,3-5,10H2,1-2H3,(H,18,19). The fourth-order valence-corrected chi connectivity index (χ4v) is 1.81. The lowest BCUT2D eigenvalue weighted by Gasteiger charge is -2.03. The molecule has 114 valence electrons. The Bertz CT molecular complexity index is 526. The highest BCUT2D eigenvalue weighted by Gasteiger charge is 2.02. The van der Waals surface area contributed by atoms with Gasteiger partial charge in [0.15, 0.2) is 0 Å². The molecule has 0 aliphatic rings. The van der Waals surface area contributed by atoms with E-state index in [1.807, 2.05) is 19.1 Å². The van der Waals surface area contributed by atoms with Crippen LogP contribution >= 0.6 is 11.6 Å². The maximum Gasteiger partial charge on any atom is 0.305 e. The van der Waals surface area contributed by atoms with Gasteiger partial charge in [-0.15, -0.1) is 0 Å². The van der Waals surface area contributed by atoms with Crippen molar-refractivity contribution in [3.8, 4) is 0 Å². The van der Waals surface area contributed by atoms with E-state index in [9.17, 15) is 9.59 Å². The second-order valence-corrected chi connectivity index (χ2v) is 4.95. The van der Waals surface area contributed by atoms with Crippen molar-refractivity contribution in [2.45, 2.75) is 26.7 Å². The molecule has 0 heterocycles. The normalized spacial score (nSPS) is 10.6. The van der Waals surface area contributed by atoms with Crippen LogP contribution in [0.2, 0.25) is 5.02 Å². The zero-order valence-electron chi connectivity index (χ0n) is 12.3. The minimum Gasteiger partial charge on any atom is -0.466 e. The van der Waals surface area contributed by atoms with E-state index in [2.05, 4.69) is 5.32 Å². The number of carbonyl (C=O) groups excluding carboxylic acids is 2. The number of nitrogens with one attached hydrogen (secondary N) is 1. The van der Waals surface area contributed by atoms with Gasteiger partial charge >= 0.3 is 5.97 Å². The second-order valence-electron chi connectivity index (χ2n) is 4.54. The zero-order chi connectivity index (χ0) is 15.7. The molecule has 4 nitrogen and oxygen atoms in total. The van der Waals surface area contributed by atoms with E-state index >= 15 is 0 Å². The summed E-state index contributed by atoms with van der Waals surface area (Å²) in [6.07, 6.45) is 4.03. The van der Waals surface area contributed by atoms with Crippen molar-refractivity contribution in [1.82, 2.24) is 5.32 Å². The molecular weight excluding hydrogens is 290 g/mol. The van der Waals surface area contributed by atoms with Crippen LogP contribution < -0.4 is 5.32 Å². The first-order chi connectivity index (χ1) is 10.0. The van der Waals surface area contributed by atoms with Crippen molar-refractivity contribution in [2.75, 3.05) is 13.2 Å². The van der Waals surface area contributed by atoms with E-state index in [1.54, 1.807) is 19.1 Å². The number of aryl methyl sites for hydroxylation is 1. The van der Waals surface area contributed by atoms with Gasteiger partial charge in [-0.2, -0.15) is 0 Å². The summed E-state index contributed by atoms with van der Waals surface area (Å²) in [6, 6.07) is 5.60. The number of amides is 1. The Hall–Kier alpha value is -1.81. The van der Waals surface area contributed by atoms with Gasteiger partial charge in [0.05, 0.1) is 6.61 Å². The molecule has 0 bridgehead atoms. The van der Waals surface area contributed by atoms with Crippen molar-refractivity contribution in [1.29, 1.82) is 0 Å². The van der Waals surface area contributed by atoms with Crippen LogP contribution in [0.4, 0.5) is 0 Å². The van der Waals surface area contributed by atoms with E-state index in [1.165, 1.54) is 6.08 Å². The number of carbonyl (C=O) groups is 2. The lowest BCUT2D eigenvalue weighted by Crippen LogP contribution is -2.22. The number of ether oxygens (including phenoxy) is 1. The first-order valence-electron chi connectivity index (χ1n) is 6.90. The Labute approximate surface area is 130 Å². The van der Waals surface area contributed by atoms with E-state index in [0.29, 0.717) is 31.0 Å². The molecule has 0 spiro atoms. The van der Waals surface area contributed by atoms with Crippen LogP contribution in [0, 0.1) is 6.92 Å². The van der Waals surface area contributed by atoms with Gasteiger partial charge in [0, 0.05) is 24.1 Å². The highest BCUT2D eigenvalue weighted by atomic mass is 35.5. The Kier molecular flexibility index (Phi) is 7.54. The van der Waals surface area contributed by atoms with E-state index in [-0.39, 0.29) is 11.9 Å². The molecule has 5 heteroatoms. The van der Waals surface area contributed by atoms with Gasteiger partial charge in [0.25, 0.3) is 0 Å². The number of esters is 1. The predicted octanol–water partition coefficient (Wildman–Crippen LogP) is 3.12. The molecule has 21 heavy (non-hydrogen) atoms. The minimum atomic E-state index is -0.239. The van der Waals surface area contributed by atoms with Crippen LogP contribution in [0.15, 0.2) is 24.3 Å². The van der Waals surface area contributed by atoms with E-state index in [0.717, 1.165) is 11.1 Å². The molecule has 0 aliphatic heterocycles. The van der Waals surface area contributed by atoms with Crippen LogP contribution in [-0.4, -0.2) is 25.0 Å². The molecule has 0 fully saturated rings. The highest BCUT2D eigenvalue weighted by Crippen LogP contribution is 2.17. The third-order valence-corrected chi connectivity index (χ3v) is 3.19. The molecule has 0 saturated carbocycles. The fraction of sp³-hybridized carbons (Fsp3) is 0.375. The van der Waals surface area contributed by atoms with Gasteiger partial charge in [-0.1, -0.05) is 23.7 Å².